The fourth-order valence-electron chi connectivity index (χ4n) is 2.89. The van der Waals surface area contributed by atoms with Gasteiger partial charge in [-0.2, -0.15) is 0 Å². The van der Waals surface area contributed by atoms with Crippen LogP contribution in [0.4, 0.5) is 5.69 Å². The molecule has 0 bridgehead atoms. The Morgan fingerprint density at radius 2 is 1.84 bits per heavy atom. The van der Waals surface area contributed by atoms with E-state index in [9.17, 15) is 14.9 Å². The van der Waals surface area contributed by atoms with E-state index in [-0.39, 0.29) is 11.6 Å². The normalized spacial score (nSPS) is 10.9. The van der Waals surface area contributed by atoms with Gasteiger partial charge in [-0.15, -0.1) is 10.2 Å². The van der Waals surface area contributed by atoms with Crippen LogP contribution in [0.15, 0.2) is 59.8 Å². The van der Waals surface area contributed by atoms with Gasteiger partial charge in [0, 0.05) is 42.1 Å². The van der Waals surface area contributed by atoms with Gasteiger partial charge in [-0.05, 0) is 36.6 Å². The SMILES string of the molecule is CC(C)CNC(=O)CCCSc1nnc(-c2ccc([N+](=O)[O-])cc2)n1-c1ccccc1. The van der Waals surface area contributed by atoms with E-state index in [0.29, 0.717) is 29.9 Å². The number of nitro benzene ring substituents is 1. The minimum atomic E-state index is -0.426. The number of nitrogens with zero attached hydrogens (tertiary/aromatic N) is 4. The molecule has 1 aromatic heterocycles. The van der Waals surface area contributed by atoms with Crippen molar-refractivity contribution >= 4 is 23.4 Å². The van der Waals surface area contributed by atoms with Crippen molar-refractivity contribution in [3.05, 3.63) is 64.7 Å². The molecule has 162 valence electrons. The standard InChI is InChI=1S/C22H25N5O3S/c1-16(2)15-23-20(28)9-6-14-31-22-25-24-21(26(22)18-7-4-3-5-8-18)17-10-12-19(13-11-17)27(29)30/h3-5,7-8,10-13,16H,6,9,14-15H2,1-2H3,(H,23,28). The molecule has 0 radical (unpaired) electrons. The van der Waals surface area contributed by atoms with E-state index >= 15 is 0 Å². The van der Waals surface area contributed by atoms with Gasteiger partial charge in [0.25, 0.3) is 5.69 Å². The number of rotatable bonds is 10. The number of nitrogens with one attached hydrogen (secondary N) is 1. The summed E-state index contributed by atoms with van der Waals surface area (Å²) in [5.74, 6) is 1.82. The number of hydrogen-bond acceptors (Lipinski definition) is 6. The summed E-state index contributed by atoms with van der Waals surface area (Å²) in [6.45, 7) is 4.82. The quantitative estimate of drug-likeness (QED) is 0.216. The summed E-state index contributed by atoms with van der Waals surface area (Å²) in [6.07, 6.45) is 1.19. The number of para-hydroxylation sites is 1. The van der Waals surface area contributed by atoms with E-state index in [0.717, 1.165) is 23.4 Å². The van der Waals surface area contributed by atoms with Crippen molar-refractivity contribution < 1.29 is 9.72 Å². The first-order valence-corrected chi connectivity index (χ1v) is 11.1. The average Bonchev–Trinajstić information content (AvgIpc) is 3.19. The molecule has 0 spiro atoms. The molecule has 1 amide bonds. The molecule has 0 aliphatic rings. The van der Waals surface area contributed by atoms with Gasteiger partial charge in [0.05, 0.1) is 4.92 Å². The summed E-state index contributed by atoms with van der Waals surface area (Å²) in [5.41, 5.74) is 1.67. The van der Waals surface area contributed by atoms with Gasteiger partial charge in [0.15, 0.2) is 11.0 Å². The summed E-state index contributed by atoms with van der Waals surface area (Å²) in [5, 5.41) is 23.3. The molecule has 0 aliphatic heterocycles. The Morgan fingerprint density at radius 3 is 2.48 bits per heavy atom. The third-order valence-corrected chi connectivity index (χ3v) is 5.49. The van der Waals surface area contributed by atoms with Crippen molar-refractivity contribution in [3.8, 4) is 17.1 Å². The highest BCUT2D eigenvalue weighted by molar-refractivity contribution is 7.99. The number of non-ortho nitro benzene ring substituents is 1. The second-order valence-corrected chi connectivity index (χ2v) is 8.49. The average molecular weight is 440 g/mol. The monoisotopic (exact) mass is 439 g/mol. The van der Waals surface area contributed by atoms with Crippen LogP contribution in [-0.4, -0.2) is 37.9 Å². The molecule has 0 saturated carbocycles. The van der Waals surface area contributed by atoms with Crippen molar-refractivity contribution in [2.24, 2.45) is 5.92 Å². The molecule has 9 heteroatoms. The van der Waals surface area contributed by atoms with E-state index in [2.05, 4.69) is 29.4 Å². The summed E-state index contributed by atoms with van der Waals surface area (Å²) in [6, 6.07) is 16.0. The third-order valence-electron chi connectivity index (χ3n) is 4.47. The van der Waals surface area contributed by atoms with E-state index in [1.54, 1.807) is 12.1 Å². The number of thioether (sulfide) groups is 1. The highest BCUT2D eigenvalue weighted by Gasteiger charge is 2.17. The molecule has 3 aromatic rings. The summed E-state index contributed by atoms with van der Waals surface area (Å²) < 4.78 is 1.94. The Hall–Kier alpha value is -3.20. The van der Waals surface area contributed by atoms with Crippen LogP contribution < -0.4 is 5.32 Å². The van der Waals surface area contributed by atoms with E-state index in [4.69, 9.17) is 0 Å². The molecule has 0 aliphatic carbocycles. The van der Waals surface area contributed by atoms with Crippen LogP contribution in [0.2, 0.25) is 0 Å². The Bertz CT molecular complexity index is 1020. The molecule has 1 heterocycles. The maximum atomic E-state index is 11.9. The second-order valence-electron chi connectivity index (χ2n) is 7.43. The summed E-state index contributed by atoms with van der Waals surface area (Å²) in [4.78, 5) is 22.4. The molecule has 31 heavy (non-hydrogen) atoms. The lowest BCUT2D eigenvalue weighted by atomic mass is 10.2. The predicted octanol–water partition coefficient (Wildman–Crippen LogP) is 4.49. The summed E-state index contributed by atoms with van der Waals surface area (Å²) >= 11 is 1.53. The number of benzene rings is 2. The Labute approximate surface area is 185 Å². The van der Waals surface area contributed by atoms with Gasteiger partial charge < -0.3 is 5.32 Å². The van der Waals surface area contributed by atoms with Gasteiger partial charge >= 0.3 is 0 Å². The molecule has 8 nitrogen and oxygen atoms in total. The maximum absolute atomic E-state index is 11.9. The van der Waals surface area contributed by atoms with Crippen LogP contribution in [0.5, 0.6) is 0 Å². The van der Waals surface area contributed by atoms with Gasteiger partial charge in [-0.25, -0.2) is 0 Å². The highest BCUT2D eigenvalue weighted by Crippen LogP contribution is 2.29. The van der Waals surface area contributed by atoms with Gasteiger partial charge in [-0.3, -0.25) is 19.5 Å². The van der Waals surface area contributed by atoms with Crippen molar-refractivity contribution in [2.45, 2.75) is 31.8 Å². The Balaban J connectivity index is 1.75. The van der Waals surface area contributed by atoms with Crippen molar-refractivity contribution in [1.29, 1.82) is 0 Å². The van der Waals surface area contributed by atoms with Crippen molar-refractivity contribution in [3.63, 3.8) is 0 Å². The van der Waals surface area contributed by atoms with Crippen LogP contribution in [0, 0.1) is 16.0 Å². The molecule has 0 saturated heterocycles. The summed E-state index contributed by atoms with van der Waals surface area (Å²) in [7, 11) is 0. The van der Waals surface area contributed by atoms with Gasteiger partial charge in [-0.1, -0.05) is 43.8 Å². The number of amides is 1. The smallest absolute Gasteiger partial charge is 0.269 e. The van der Waals surface area contributed by atoms with Crippen LogP contribution in [-0.2, 0) is 4.79 Å². The first-order valence-electron chi connectivity index (χ1n) is 10.1. The van der Waals surface area contributed by atoms with Crippen LogP contribution in [0.3, 0.4) is 0 Å². The molecule has 2 aromatic carbocycles. The zero-order valence-electron chi connectivity index (χ0n) is 17.5. The number of hydrogen-bond donors (Lipinski definition) is 1. The van der Waals surface area contributed by atoms with E-state index in [1.165, 1.54) is 23.9 Å². The topological polar surface area (TPSA) is 103 Å². The molecular weight excluding hydrogens is 414 g/mol. The fraction of sp³-hybridized carbons (Fsp3) is 0.318. The van der Waals surface area contributed by atoms with Gasteiger partial charge in [0.1, 0.15) is 0 Å². The number of aromatic nitrogens is 3. The minimum Gasteiger partial charge on any atom is -0.356 e. The minimum absolute atomic E-state index is 0.0277. The lowest BCUT2D eigenvalue weighted by Gasteiger charge is -2.10. The molecule has 0 fully saturated rings. The Kier molecular flexibility index (Phi) is 7.77. The largest absolute Gasteiger partial charge is 0.356 e. The molecule has 3 rings (SSSR count). The number of carbonyl (C=O) groups excluding carboxylic acids is 1. The number of nitro groups is 1. The maximum Gasteiger partial charge on any atom is 0.269 e. The Morgan fingerprint density at radius 1 is 1.13 bits per heavy atom. The van der Waals surface area contributed by atoms with E-state index < -0.39 is 4.92 Å². The lowest BCUT2D eigenvalue weighted by molar-refractivity contribution is -0.384. The fourth-order valence-corrected chi connectivity index (χ4v) is 3.79. The first-order chi connectivity index (χ1) is 15.0. The van der Waals surface area contributed by atoms with Crippen LogP contribution in [0.1, 0.15) is 26.7 Å². The highest BCUT2D eigenvalue weighted by atomic mass is 32.2. The van der Waals surface area contributed by atoms with Gasteiger partial charge in [0.2, 0.25) is 5.91 Å². The number of carbonyl (C=O) groups is 1. The van der Waals surface area contributed by atoms with Crippen LogP contribution in [0.25, 0.3) is 17.1 Å². The lowest BCUT2D eigenvalue weighted by Crippen LogP contribution is -2.27. The third kappa shape index (κ3) is 6.14. The molecule has 0 unspecified atom stereocenters. The van der Waals surface area contributed by atoms with Crippen LogP contribution >= 0.6 is 11.8 Å². The van der Waals surface area contributed by atoms with Crippen molar-refractivity contribution in [1.82, 2.24) is 20.1 Å². The molecule has 1 N–H and O–H groups in total. The molecular formula is C22H25N5O3S. The van der Waals surface area contributed by atoms with Crippen molar-refractivity contribution in [2.75, 3.05) is 12.3 Å². The zero-order valence-corrected chi connectivity index (χ0v) is 18.3. The first kappa shape index (κ1) is 22.5. The molecule has 0 atom stereocenters. The van der Waals surface area contributed by atoms with E-state index in [1.807, 2.05) is 34.9 Å². The second kappa shape index (κ2) is 10.7. The zero-order chi connectivity index (χ0) is 22.2. The predicted molar refractivity (Wildman–Crippen MR) is 121 cm³/mol.